The number of hydrogen-bond donors (Lipinski definition) is 3. The van der Waals surface area contributed by atoms with E-state index >= 15 is 0 Å². The molecule has 108 valence electrons. The Bertz CT molecular complexity index is 587. The Hall–Kier alpha value is -2.89. The van der Waals surface area contributed by atoms with Crippen LogP contribution in [0.25, 0.3) is 0 Å². The van der Waals surface area contributed by atoms with Gasteiger partial charge in [-0.2, -0.15) is 0 Å². The maximum absolute atomic E-state index is 11.7. The molecule has 2 aromatic rings. The van der Waals surface area contributed by atoms with Crippen LogP contribution in [0.5, 0.6) is 0 Å². The van der Waals surface area contributed by atoms with Crippen molar-refractivity contribution in [2.24, 2.45) is 0 Å². The quantitative estimate of drug-likeness (QED) is 0.730. The number of nitrogens with one attached hydrogen (secondary N) is 3. The summed E-state index contributed by atoms with van der Waals surface area (Å²) in [5.41, 5.74) is 1.21. The van der Waals surface area contributed by atoms with E-state index in [9.17, 15) is 9.59 Å². The van der Waals surface area contributed by atoms with Crippen LogP contribution < -0.4 is 16.0 Å². The summed E-state index contributed by atoms with van der Waals surface area (Å²) in [5, 5.41) is 8.01. The normalized spacial score (nSPS) is 9.71. The molecule has 0 aliphatic carbocycles. The highest BCUT2D eigenvalue weighted by atomic mass is 16.2. The lowest BCUT2D eigenvalue weighted by atomic mass is 10.2. The fraction of sp³-hybridized carbons (Fsp3) is 0.133. The zero-order chi connectivity index (χ0) is 14.9. The van der Waals surface area contributed by atoms with Gasteiger partial charge in [-0.25, -0.2) is 4.79 Å². The van der Waals surface area contributed by atoms with Gasteiger partial charge in [0, 0.05) is 24.8 Å². The Kier molecular flexibility index (Phi) is 5.28. The second kappa shape index (κ2) is 7.64. The number of benzene rings is 1. The molecule has 1 aromatic heterocycles. The number of amides is 3. The summed E-state index contributed by atoms with van der Waals surface area (Å²) in [5.74, 6) is -0.162. The molecule has 6 nitrogen and oxygen atoms in total. The fourth-order valence-corrected chi connectivity index (χ4v) is 1.66. The molecule has 6 heteroatoms. The van der Waals surface area contributed by atoms with Crippen molar-refractivity contribution in [1.82, 2.24) is 15.6 Å². The van der Waals surface area contributed by atoms with E-state index in [-0.39, 0.29) is 11.9 Å². The third-order valence-corrected chi connectivity index (χ3v) is 2.65. The van der Waals surface area contributed by atoms with Crippen molar-refractivity contribution in [3.63, 3.8) is 0 Å². The lowest BCUT2D eigenvalue weighted by Gasteiger charge is -2.08. The monoisotopic (exact) mass is 284 g/mol. The van der Waals surface area contributed by atoms with E-state index in [1.807, 2.05) is 6.07 Å². The van der Waals surface area contributed by atoms with Gasteiger partial charge in [0.05, 0.1) is 11.9 Å². The first kappa shape index (κ1) is 14.5. The van der Waals surface area contributed by atoms with Crippen molar-refractivity contribution in [1.29, 1.82) is 0 Å². The Labute approximate surface area is 122 Å². The van der Waals surface area contributed by atoms with Gasteiger partial charge in [-0.1, -0.05) is 18.2 Å². The lowest BCUT2D eigenvalue weighted by molar-refractivity contribution is 0.0954. The Morgan fingerprint density at radius 2 is 1.71 bits per heavy atom. The average Bonchev–Trinajstić information content (AvgIpc) is 2.53. The van der Waals surface area contributed by atoms with Crippen molar-refractivity contribution < 1.29 is 9.59 Å². The summed E-state index contributed by atoms with van der Waals surface area (Å²) >= 11 is 0. The zero-order valence-corrected chi connectivity index (χ0v) is 11.4. The molecule has 3 amide bonds. The van der Waals surface area contributed by atoms with Gasteiger partial charge in [0.25, 0.3) is 5.91 Å². The first-order valence-electron chi connectivity index (χ1n) is 6.54. The van der Waals surface area contributed by atoms with Gasteiger partial charge in [-0.05, 0) is 24.3 Å². The number of nitrogens with zero attached hydrogens (tertiary/aromatic N) is 1. The molecule has 0 radical (unpaired) electrons. The van der Waals surface area contributed by atoms with Crippen molar-refractivity contribution in [2.75, 3.05) is 18.4 Å². The molecule has 0 bridgehead atoms. The van der Waals surface area contributed by atoms with Crippen molar-refractivity contribution in [3.8, 4) is 0 Å². The second-order valence-electron chi connectivity index (χ2n) is 4.24. The molecule has 1 heterocycles. The van der Waals surface area contributed by atoms with Gasteiger partial charge in [0.2, 0.25) is 0 Å². The predicted octanol–water partition coefficient (Wildman–Crippen LogP) is 1.63. The number of carbonyl (C=O) groups is 2. The van der Waals surface area contributed by atoms with Gasteiger partial charge in [-0.15, -0.1) is 0 Å². The molecule has 0 saturated heterocycles. The lowest BCUT2D eigenvalue weighted by Crippen LogP contribution is -2.36. The molecule has 0 atom stereocenters. The topological polar surface area (TPSA) is 83.1 Å². The minimum absolute atomic E-state index is 0.162. The molecule has 0 saturated carbocycles. The number of anilines is 1. The maximum atomic E-state index is 11.7. The van der Waals surface area contributed by atoms with Crippen LogP contribution in [0.1, 0.15) is 10.4 Å². The predicted molar refractivity (Wildman–Crippen MR) is 80.0 cm³/mol. The molecule has 0 aliphatic rings. The van der Waals surface area contributed by atoms with E-state index < -0.39 is 0 Å². The molecular weight excluding hydrogens is 268 g/mol. The SMILES string of the molecule is O=C(NCCNC(=O)c1ccccc1)Nc1cccnc1. The Morgan fingerprint density at radius 1 is 0.952 bits per heavy atom. The van der Waals surface area contributed by atoms with Crippen LogP contribution in [0.15, 0.2) is 54.9 Å². The van der Waals surface area contributed by atoms with Gasteiger partial charge in [-0.3, -0.25) is 9.78 Å². The number of rotatable bonds is 5. The third-order valence-electron chi connectivity index (χ3n) is 2.65. The van der Waals surface area contributed by atoms with Gasteiger partial charge in [0.15, 0.2) is 0 Å². The number of urea groups is 1. The Balaban J connectivity index is 1.66. The standard InChI is InChI=1S/C15H16N4O2/c20-14(12-5-2-1-3-6-12)17-9-10-18-15(21)19-13-7-4-8-16-11-13/h1-8,11H,9-10H2,(H,17,20)(H2,18,19,21). The van der Waals surface area contributed by atoms with Gasteiger partial charge in [0.1, 0.15) is 0 Å². The average molecular weight is 284 g/mol. The van der Waals surface area contributed by atoms with Gasteiger partial charge >= 0.3 is 6.03 Å². The van der Waals surface area contributed by atoms with E-state index in [0.29, 0.717) is 24.3 Å². The molecule has 0 spiro atoms. The Morgan fingerprint density at radius 3 is 2.43 bits per heavy atom. The summed E-state index contributed by atoms with van der Waals surface area (Å²) in [4.78, 5) is 27.2. The van der Waals surface area contributed by atoms with Crippen LogP contribution in [0.2, 0.25) is 0 Å². The maximum Gasteiger partial charge on any atom is 0.319 e. The molecule has 21 heavy (non-hydrogen) atoms. The van der Waals surface area contributed by atoms with Crippen LogP contribution in [0.3, 0.4) is 0 Å². The van der Waals surface area contributed by atoms with Crippen molar-refractivity contribution in [3.05, 3.63) is 60.4 Å². The van der Waals surface area contributed by atoms with Crippen LogP contribution in [-0.4, -0.2) is 30.0 Å². The molecule has 0 fully saturated rings. The van der Waals surface area contributed by atoms with Crippen LogP contribution in [0, 0.1) is 0 Å². The fourth-order valence-electron chi connectivity index (χ4n) is 1.66. The number of aromatic nitrogens is 1. The highest BCUT2D eigenvalue weighted by Crippen LogP contribution is 2.01. The number of pyridine rings is 1. The molecule has 3 N–H and O–H groups in total. The minimum atomic E-state index is -0.336. The largest absolute Gasteiger partial charge is 0.350 e. The first-order valence-corrected chi connectivity index (χ1v) is 6.54. The van der Waals surface area contributed by atoms with Crippen molar-refractivity contribution in [2.45, 2.75) is 0 Å². The second-order valence-corrected chi connectivity index (χ2v) is 4.24. The van der Waals surface area contributed by atoms with E-state index in [1.54, 1.807) is 48.8 Å². The molecule has 0 aliphatic heterocycles. The summed E-state index contributed by atoms with van der Waals surface area (Å²) in [6, 6.07) is 12.1. The highest BCUT2D eigenvalue weighted by Gasteiger charge is 2.04. The summed E-state index contributed by atoms with van der Waals surface area (Å²) < 4.78 is 0. The van der Waals surface area contributed by atoms with Crippen LogP contribution in [-0.2, 0) is 0 Å². The van der Waals surface area contributed by atoms with Crippen LogP contribution in [0.4, 0.5) is 10.5 Å². The zero-order valence-electron chi connectivity index (χ0n) is 11.4. The number of carbonyl (C=O) groups excluding carboxylic acids is 2. The van der Waals surface area contributed by atoms with E-state index in [1.165, 1.54) is 0 Å². The third kappa shape index (κ3) is 4.94. The van der Waals surface area contributed by atoms with Crippen molar-refractivity contribution >= 4 is 17.6 Å². The smallest absolute Gasteiger partial charge is 0.319 e. The molecule has 2 rings (SSSR count). The highest BCUT2D eigenvalue weighted by molar-refractivity contribution is 5.94. The molecule has 1 aromatic carbocycles. The summed E-state index contributed by atoms with van der Waals surface area (Å²) in [7, 11) is 0. The summed E-state index contributed by atoms with van der Waals surface area (Å²) in [6.45, 7) is 0.693. The van der Waals surface area contributed by atoms with Crippen LogP contribution >= 0.6 is 0 Å². The van der Waals surface area contributed by atoms with E-state index in [2.05, 4.69) is 20.9 Å². The molecule has 0 unspecified atom stereocenters. The van der Waals surface area contributed by atoms with E-state index in [0.717, 1.165) is 0 Å². The van der Waals surface area contributed by atoms with E-state index in [4.69, 9.17) is 0 Å². The minimum Gasteiger partial charge on any atom is -0.350 e. The first-order chi connectivity index (χ1) is 10.3. The van der Waals surface area contributed by atoms with Gasteiger partial charge < -0.3 is 16.0 Å². The number of hydrogen-bond acceptors (Lipinski definition) is 3. The summed E-state index contributed by atoms with van der Waals surface area (Å²) in [6.07, 6.45) is 3.18. The molecular formula is C15H16N4O2.